The molecule has 3 atom stereocenters. The summed E-state index contributed by atoms with van der Waals surface area (Å²) in [5.74, 6) is 0.839. The molecular weight excluding hydrogens is 458 g/mol. The zero-order valence-electron chi connectivity index (χ0n) is 20.3. The van der Waals surface area contributed by atoms with Crippen LogP contribution in [-0.2, 0) is 18.4 Å². The summed E-state index contributed by atoms with van der Waals surface area (Å²) < 4.78 is 8.49. The molecule has 3 aliphatic rings. The van der Waals surface area contributed by atoms with Crippen molar-refractivity contribution in [3.8, 4) is 23.6 Å². The van der Waals surface area contributed by atoms with Gasteiger partial charge >= 0.3 is 6.01 Å². The molecule has 0 unspecified atom stereocenters. The second-order valence-corrected chi connectivity index (χ2v) is 11.3. The molecule has 0 aromatic carbocycles. The Hall–Kier alpha value is -2.96. The van der Waals surface area contributed by atoms with E-state index in [2.05, 4.69) is 34.5 Å². The molecule has 8 nitrogen and oxygen atoms in total. The van der Waals surface area contributed by atoms with Crippen LogP contribution >= 0.6 is 11.3 Å². The van der Waals surface area contributed by atoms with E-state index >= 15 is 0 Å². The average molecular weight is 490 g/mol. The zero-order valence-corrected chi connectivity index (χ0v) is 21.1. The van der Waals surface area contributed by atoms with Crippen LogP contribution in [0.25, 0.3) is 11.5 Å². The first-order valence-electron chi connectivity index (χ1n) is 12.6. The molecule has 9 heteroatoms. The van der Waals surface area contributed by atoms with E-state index in [1.807, 2.05) is 12.3 Å². The number of aryl methyl sites for hydroxylation is 1. The summed E-state index contributed by atoms with van der Waals surface area (Å²) in [6.07, 6.45) is 11.2. The first-order chi connectivity index (χ1) is 17.0. The topological polar surface area (TPSA) is 106 Å². The van der Waals surface area contributed by atoms with E-state index in [0.717, 1.165) is 68.7 Å². The molecule has 2 N–H and O–H groups in total. The molecule has 2 aliphatic heterocycles. The van der Waals surface area contributed by atoms with Gasteiger partial charge in [-0.3, -0.25) is 4.90 Å². The number of hydrogen-bond donors (Lipinski definition) is 1. The minimum Gasteiger partial charge on any atom is -0.459 e. The van der Waals surface area contributed by atoms with E-state index in [-0.39, 0.29) is 11.5 Å². The number of nitrogens with two attached hydrogens (primary N) is 1. The highest BCUT2D eigenvalue weighted by atomic mass is 32.1. The number of ether oxygens (including phenoxy) is 1. The number of rotatable bonds is 4. The predicted octanol–water partition coefficient (Wildman–Crippen LogP) is 4.13. The maximum atomic E-state index is 9.93. The summed E-state index contributed by atoms with van der Waals surface area (Å²) in [6, 6.07) is 5.10. The van der Waals surface area contributed by atoms with Gasteiger partial charge in [0.1, 0.15) is 22.9 Å². The van der Waals surface area contributed by atoms with Gasteiger partial charge in [0.25, 0.3) is 0 Å². The van der Waals surface area contributed by atoms with Crippen molar-refractivity contribution >= 4 is 16.3 Å². The van der Waals surface area contributed by atoms with Gasteiger partial charge in [0, 0.05) is 41.0 Å². The first kappa shape index (κ1) is 22.5. The number of anilines is 1. The van der Waals surface area contributed by atoms with Crippen LogP contribution in [0.1, 0.15) is 67.1 Å². The van der Waals surface area contributed by atoms with Crippen molar-refractivity contribution in [2.75, 3.05) is 19.3 Å². The van der Waals surface area contributed by atoms with Gasteiger partial charge in [-0.1, -0.05) is 0 Å². The molecule has 6 rings (SSSR count). The fourth-order valence-corrected chi connectivity index (χ4v) is 7.79. The smallest absolute Gasteiger partial charge is 0.317 e. The summed E-state index contributed by atoms with van der Waals surface area (Å²) in [7, 11) is 2.15. The van der Waals surface area contributed by atoms with Crippen LogP contribution in [0.2, 0.25) is 0 Å². The van der Waals surface area contributed by atoms with Crippen molar-refractivity contribution in [2.45, 2.75) is 76.0 Å². The van der Waals surface area contributed by atoms with Crippen LogP contribution in [0.5, 0.6) is 6.01 Å². The zero-order chi connectivity index (χ0) is 24.2. The molecule has 1 spiro atoms. The molecule has 3 aromatic heterocycles. The molecule has 0 amide bonds. The Bertz CT molecular complexity index is 1300. The number of nitrogens with zero attached hydrogens (tertiary/aromatic N) is 6. The fraction of sp³-hybridized carbons (Fsp3) is 0.538. The van der Waals surface area contributed by atoms with Crippen molar-refractivity contribution in [3.05, 3.63) is 40.2 Å². The van der Waals surface area contributed by atoms with Crippen LogP contribution in [-0.4, -0.2) is 50.2 Å². The molecule has 0 bridgehead atoms. The molecule has 35 heavy (non-hydrogen) atoms. The van der Waals surface area contributed by atoms with Gasteiger partial charge in [0.15, 0.2) is 5.82 Å². The third kappa shape index (κ3) is 3.54. The maximum absolute atomic E-state index is 9.93. The van der Waals surface area contributed by atoms with Crippen molar-refractivity contribution in [1.29, 1.82) is 5.26 Å². The Morgan fingerprint density at radius 1 is 1.26 bits per heavy atom. The van der Waals surface area contributed by atoms with Crippen LogP contribution in [0, 0.1) is 11.3 Å². The molecule has 1 fully saturated rings. The number of nitriles is 1. The third-order valence-electron chi connectivity index (χ3n) is 8.21. The summed E-state index contributed by atoms with van der Waals surface area (Å²) in [4.78, 5) is 17.6. The number of likely N-dealkylation sites (N-methyl/N-ethyl adjacent to an activating group) is 1. The van der Waals surface area contributed by atoms with Crippen molar-refractivity contribution in [2.24, 2.45) is 0 Å². The van der Waals surface area contributed by atoms with Gasteiger partial charge < -0.3 is 15.0 Å². The van der Waals surface area contributed by atoms with Crippen LogP contribution in [0.3, 0.4) is 0 Å². The Morgan fingerprint density at radius 3 is 2.91 bits per heavy atom. The number of nitrogen functional groups attached to an aromatic ring is 1. The number of aromatic nitrogens is 4. The molecule has 182 valence electrons. The minimum atomic E-state index is -0.204. The van der Waals surface area contributed by atoms with E-state index in [0.29, 0.717) is 22.6 Å². The minimum absolute atomic E-state index is 0.0179. The number of fused-ring (bicyclic) bond motifs is 4. The average Bonchev–Trinajstić information content (AvgIpc) is 3.56. The van der Waals surface area contributed by atoms with Gasteiger partial charge in [-0.25, -0.2) is 9.97 Å². The first-order valence-corrected chi connectivity index (χ1v) is 13.4. The van der Waals surface area contributed by atoms with Gasteiger partial charge in [-0.15, -0.1) is 11.3 Å². The molecule has 0 saturated carbocycles. The van der Waals surface area contributed by atoms with Crippen LogP contribution < -0.4 is 10.5 Å². The van der Waals surface area contributed by atoms with E-state index < -0.39 is 0 Å². The second kappa shape index (κ2) is 8.61. The summed E-state index contributed by atoms with van der Waals surface area (Å²) in [5.41, 5.74) is 9.86. The van der Waals surface area contributed by atoms with Gasteiger partial charge in [-0.05, 0) is 77.1 Å². The van der Waals surface area contributed by atoms with Crippen LogP contribution in [0.4, 0.5) is 5.00 Å². The Labute approximate surface area is 209 Å². The van der Waals surface area contributed by atoms with E-state index in [1.165, 1.54) is 17.0 Å². The van der Waals surface area contributed by atoms with Gasteiger partial charge in [0.2, 0.25) is 0 Å². The normalized spacial score (nSPS) is 24.7. The monoisotopic (exact) mass is 489 g/mol. The molecule has 1 saturated heterocycles. The molecule has 5 heterocycles. The number of likely N-dealkylation sites (tertiary alicyclic amines) is 1. The Balaban J connectivity index is 1.36. The lowest BCUT2D eigenvalue weighted by Crippen LogP contribution is -2.38. The quantitative estimate of drug-likeness (QED) is 0.587. The lowest BCUT2D eigenvalue weighted by molar-refractivity contribution is 0.112. The maximum Gasteiger partial charge on any atom is 0.317 e. The largest absolute Gasteiger partial charge is 0.459 e. The molecule has 1 aliphatic carbocycles. The number of hydrogen-bond acceptors (Lipinski definition) is 8. The highest BCUT2D eigenvalue weighted by molar-refractivity contribution is 7.16. The van der Waals surface area contributed by atoms with E-state index in [1.54, 1.807) is 17.5 Å². The number of imidazole rings is 1. The Morgan fingerprint density at radius 2 is 2.11 bits per heavy atom. The predicted molar refractivity (Wildman–Crippen MR) is 135 cm³/mol. The van der Waals surface area contributed by atoms with Crippen LogP contribution in [0.15, 0.2) is 18.5 Å². The SMILES string of the molecule is C[C@H](Oc1nccc(-c2ncc3n2CCC[C@@]32CCCc3sc(N)c(C#N)c32)n1)[C@@H]1CCCN1C. The Kier molecular flexibility index (Phi) is 5.53. The number of thiophene rings is 1. The molecule has 0 radical (unpaired) electrons. The highest BCUT2D eigenvalue weighted by Gasteiger charge is 2.46. The lowest BCUT2D eigenvalue weighted by Gasteiger charge is -2.41. The van der Waals surface area contributed by atoms with Crippen molar-refractivity contribution in [3.63, 3.8) is 0 Å². The van der Waals surface area contributed by atoms with E-state index in [4.69, 9.17) is 20.4 Å². The lowest BCUT2D eigenvalue weighted by atomic mass is 9.65. The fourth-order valence-electron chi connectivity index (χ4n) is 6.62. The highest BCUT2D eigenvalue weighted by Crippen LogP contribution is 2.53. The summed E-state index contributed by atoms with van der Waals surface area (Å²) in [5, 5.41) is 10.6. The van der Waals surface area contributed by atoms with Gasteiger partial charge in [-0.2, -0.15) is 10.2 Å². The van der Waals surface area contributed by atoms with Crippen molar-refractivity contribution < 1.29 is 4.74 Å². The summed E-state index contributed by atoms with van der Waals surface area (Å²) in [6.45, 7) is 4.09. The summed E-state index contributed by atoms with van der Waals surface area (Å²) >= 11 is 1.59. The molecular formula is C26H31N7OS. The van der Waals surface area contributed by atoms with Crippen molar-refractivity contribution in [1.82, 2.24) is 24.4 Å². The standard InChI is InChI=1S/C26H31N7OS/c1-16(19-6-4-12-32(19)2)34-25-29-11-8-18(31-25)24-30-15-21-26(10-5-13-33(21)24)9-3-7-20-22(26)17(14-27)23(28)35-20/h8,11,15-16,19H,3-7,9-10,12-13,28H2,1-2H3/t16-,19-,26-/m0/s1. The molecule has 3 aromatic rings. The second-order valence-electron chi connectivity index (χ2n) is 10.1. The third-order valence-corrected chi connectivity index (χ3v) is 9.29. The van der Waals surface area contributed by atoms with E-state index in [9.17, 15) is 5.26 Å². The van der Waals surface area contributed by atoms with Gasteiger partial charge in [0.05, 0.1) is 5.56 Å².